The van der Waals surface area contributed by atoms with Crippen LogP contribution in [0.4, 0.5) is 18.0 Å². The zero-order chi connectivity index (χ0) is 30.9. The molecule has 0 aliphatic carbocycles. The van der Waals surface area contributed by atoms with Crippen LogP contribution in [0, 0.1) is 23.0 Å². The molecule has 2 aliphatic heterocycles. The summed E-state index contributed by atoms with van der Waals surface area (Å²) in [5.74, 6) is -2.24. The maximum atomic E-state index is 15.3. The Balaban J connectivity index is 1.63. The van der Waals surface area contributed by atoms with Crippen molar-refractivity contribution in [2.24, 2.45) is 11.3 Å². The lowest BCUT2D eigenvalue weighted by Crippen LogP contribution is -2.49. The largest absolute Gasteiger partial charge is 0.465 e. The third-order valence-corrected chi connectivity index (χ3v) is 7.97. The summed E-state index contributed by atoms with van der Waals surface area (Å²) in [7, 11) is 0. The Morgan fingerprint density at radius 1 is 1.14 bits per heavy atom. The van der Waals surface area contributed by atoms with Gasteiger partial charge in [-0.2, -0.15) is 5.10 Å². The van der Waals surface area contributed by atoms with E-state index >= 15 is 4.39 Å². The molecule has 2 saturated heterocycles. The van der Waals surface area contributed by atoms with Crippen molar-refractivity contribution >= 4 is 12.0 Å². The Bertz CT molecular complexity index is 1460. The minimum atomic E-state index is -1.48. The molecule has 0 saturated carbocycles. The number of amides is 2. The van der Waals surface area contributed by atoms with Crippen molar-refractivity contribution in [2.45, 2.75) is 58.5 Å². The van der Waals surface area contributed by atoms with E-state index in [-0.39, 0.29) is 43.5 Å². The van der Waals surface area contributed by atoms with E-state index in [0.29, 0.717) is 25.3 Å². The van der Waals surface area contributed by atoms with Crippen LogP contribution in [0.1, 0.15) is 51.0 Å². The van der Waals surface area contributed by atoms with Gasteiger partial charge in [0.2, 0.25) is 0 Å². The molecule has 1 N–H and O–H groups in total. The molecule has 43 heavy (non-hydrogen) atoms. The Morgan fingerprint density at radius 2 is 1.88 bits per heavy atom. The molecule has 3 aromatic rings. The molecule has 9 nitrogen and oxygen atoms in total. The van der Waals surface area contributed by atoms with Crippen molar-refractivity contribution in [1.29, 1.82) is 0 Å². The Hall–Kier alpha value is -3.93. The first-order chi connectivity index (χ1) is 20.4. The smallest absolute Gasteiger partial charge is 0.407 e. The van der Waals surface area contributed by atoms with Gasteiger partial charge in [-0.15, -0.1) is 0 Å². The van der Waals surface area contributed by atoms with Gasteiger partial charge in [0.15, 0.2) is 11.6 Å². The highest BCUT2D eigenvalue weighted by Crippen LogP contribution is 2.41. The molecule has 2 fully saturated rings. The van der Waals surface area contributed by atoms with E-state index in [1.54, 1.807) is 4.68 Å². The molecule has 3 unspecified atom stereocenters. The number of ether oxygens (including phenoxy) is 1. The van der Waals surface area contributed by atoms with Crippen LogP contribution in [0.5, 0.6) is 0 Å². The monoisotopic (exact) mass is 599 g/mol. The number of rotatable bonds is 8. The van der Waals surface area contributed by atoms with Gasteiger partial charge in [-0.05, 0) is 42.0 Å². The minimum Gasteiger partial charge on any atom is -0.465 e. The van der Waals surface area contributed by atoms with Crippen LogP contribution in [0.2, 0.25) is 0 Å². The molecule has 2 aliphatic rings. The lowest BCUT2D eigenvalue weighted by atomic mass is 9.83. The highest BCUT2D eigenvalue weighted by Gasteiger charge is 2.45. The number of alkyl halides is 1. The van der Waals surface area contributed by atoms with Gasteiger partial charge in [0.05, 0.1) is 24.7 Å². The van der Waals surface area contributed by atoms with E-state index in [2.05, 4.69) is 5.10 Å². The number of halogens is 3. The predicted molar refractivity (Wildman–Crippen MR) is 152 cm³/mol. The van der Waals surface area contributed by atoms with Gasteiger partial charge in [-0.3, -0.25) is 4.79 Å². The lowest BCUT2D eigenvalue weighted by Gasteiger charge is -2.41. The molecular weight excluding hydrogens is 563 g/mol. The molecule has 5 rings (SSSR count). The molecule has 0 radical (unpaired) electrons. The number of hydrogen-bond donors (Lipinski definition) is 1. The first kappa shape index (κ1) is 30.5. The Morgan fingerprint density at radius 3 is 2.51 bits per heavy atom. The topological polar surface area (TPSA) is 101 Å². The first-order valence-corrected chi connectivity index (χ1v) is 14.4. The molecule has 2 aromatic carbocycles. The summed E-state index contributed by atoms with van der Waals surface area (Å²) in [5.41, 5.74) is 0.0282. The highest BCUT2D eigenvalue weighted by atomic mass is 19.1. The fraction of sp³-hybridized carbons (Fsp3) is 0.484. The van der Waals surface area contributed by atoms with Gasteiger partial charge in [-0.1, -0.05) is 51.1 Å². The van der Waals surface area contributed by atoms with E-state index in [0.717, 1.165) is 28.7 Å². The van der Waals surface area contributed by atoms with Crippen LogP contribution < -0.4 is 0 Å². The summed E-state index contributed by atoms with van der Waals surface area (Å²) in [6, 6.07) is 11.6. The number of carbonyl (C=O) groups excluding carboxylic acids is 1. The van der Waals surface area contributed by atoms with Crippen LogP contribution in [0.15, 0.2) is 48.5 Å². The second kappa shape index (κ2) is 12.4. The van der Waals surface area contributed by atoms with Gasteiger partial charge in [0.1, 0.15) is 23.9 Å². The summed E-state index contributed by atoms with van der Waals surface area (Å²) in [5, 5.41) is 14.1. The number of benzene rings is 2. The predicted octanol–water partition coefficient (Wildman–Crippen LogP) is 5.31. The van der Waals surface area contributed by atoms with Crippen molar-refractivity contribution in [3.05, 3.63) is 71.6 Å². The SMILES string of the molecule is CC(C)(C)[C@H](c1nc(-c2cc(F)ccc2F)nn1Cc1ccccc1)N(CC1CN(C(=O)O)CC1F)C(=O)C1CCCO1. The van der Waals surface area contributed by atoms with E-state index in [9.17, 15) is 23.5 Å². The van der Waals surface area contributed by atoms with Gasteiger partial charge in [-0.25, -0.2) is 27.6 Å². The summed E-state index contributed by atoms with van der Waals surface area (Å²) in [6.07, 6.45) is -2.26. The Kier molecular flexibility index (Phi) is 8.77. The van der Waals surface area contributed by atoms with Gasteiger partial charge in [0, 0.05) is 25.6 Å². The number of nitrogens with zero attached hydrogens (tertiary/aromatic N) is 5. The molecule has 2 amide bonds. The van der Waals surface area contributed by atoms with Crippen LogP contribution in [-0.2, 0) is 16.1 Å². The molecule has 4 atom stereocenters. The van der Waals surface area contributed by atoms with Gasteiger partial charge < -0.3 is 19.6 Å². The fourth-order valence-electron chi connectivity index (χ4n) is 5.90. The van der Waals surface area contributed by atoms with Crippen molar-refractivity contribution in [3.63, 3.8) is 0 Å². The Labute approximate surface area is 248 Å². The molecule has 230 valence electrons. The van der Waals surface area contributed by atoms with Crippen LogP contribution in [0.25, 0.3) is 11.4 Å². The second-order valence-electron chi connectivity index (χ2n) is 12.3. The standard InChI is InChI=1S/C31H36F3N5O4/c1-31(2,3)26(38(29(40)25-10-7-13-43-25)17-20-16-37(30(41)42)18-24(20)34)28-35-27(22-14-21(32)11-12-23(22)33)36-39(28)15-19-8-5-4-6-9-19/h4-6,8-9,11-12,14,20,24-26H,7,10,13,15-18H2,1-3H3,(H,41,42)/t20?,24?,25?,26-/m0/s1. The molecule has 0 spiro atoms. The van der Waals surface area contributed by atoms with Crippen molar-refractivity contribution < 1.29 is 32.6 Å². The van der Waals surface area contributed by atoms with Crippen molar-refractivity contribution in [2.75, 3.05) is 26.2 Å². The van der Waals surface area contributed by atoms with E-state index in [4.69, 9.17) is 9.72 Å². The first-order valence-electron chi connectivity index (χ1n) is 14.4. The van der Waals surface area contributed by atoms with Crippen LogP contribution >= 0.6 is 0 Å². The van der Waals surface area contributed by atoms with E-state index in [1.807, 2.05) is 51.1 Å². The fourth-order valence-corrected chi connectivity index (χ4v) is 5.90. The van der Waals surface area contributed by atoms with Gasteiger partial charge in [0.25, 0.3) is 5.91 Å². The number of likely N-dealkylation sites (tertiary alicyclic amines) is 1. The zero-order valence-corrected chi connectivity index (χ0v) is 24.4. The molecular formula is C31H36F3N5O4. The minimum absolute atomic E-state index is 0.0528. The van der Waals surface area contributed by atoms with E-state index < -0.39 is 47.4 Å². The maximum Gasteiger partial charge on any atom is 0.407 e. The summed E-state index contributed by atoms with van der Waals surface area (Å²) in [4.78, 5) is 33.0. The lowest BCUT2D eigenvalue weighted by molar-refractivity contribution is -0.147. The van der Waals surface area contributed by atoms with Gasteiger partial charge >= 0.3 is 6.09 Å². The zero-order valence-electron chi connectivity index (χ0n) is 24.4. The number of hydrogen-bond acceptors (Lipinski definition) is 5. The van der Waals surface area contributed by atoms with Crippen LogP contribution in [0.3, 0.4) is 0 Å². The maximum absolute atomic E-state index is 15.3. The third-order valence-electron chi connectivity index (χ3n) is 7.97. The molecule has 0 bridgehead atoms. The average molecular weight is 600 g/mol. The number of aromatic nitrogens is 3. The van der Waals surface area contributed by atoms with Crippen molar-refractivity contribution in [1.82, 2.24) is 24.6 Å². The van der Waals surface area contributed by atoms with Crippen LogP contribution in [-0.4, -0.2) is 80.2 Å². The number of carbonyl (C=O) groups is 2. The quantitative estimate of drug-likeness (QED) is 0.377. The number of carboxylic acid groups (broad SMARTS) is 1. The highest BCUT2D eigenvalue weighted by molar-refractivity contribution is 5.81. The summed E-state index contributed by atoms with van der Waals surface area (Å²) in [6.45, 7) is 5.91. The average Bonchev–Trinajstić information content (AvgIpc) is 3.71. The second-order valence-corrected chi connectivity index (χ2v) is 12.3. The normalized spacial score (nSPS) is 21.3. The molecule has 3 heterocycles. The third kappa shape index (κ3) is 6.69. The van der Waals surface area contributed by atoms with Crippen molar-refractivity contribution in [3.8, 4) is 11.4 Å². The molecule has 1 aromatic heterocycles. The molecule has 12 heteroatoms. The summed E-state index contributed by atoms with van der Waals surface area (Å²) < 4.78 is 51.7. The van der Waals surface area contributed by atoms with E-state index in [1.165, 1.54) is 4.90 Å². The summed E-state index contributed by atoms with van der Waals surface area (Å²) >= 11 is 0.